The lowest BCUT2D eigenvalue weighted by molar-refractivity contribution is -0.165. The van der Waals surface area contributed by atoms with Crippen LogP contribution in [0.2, 0.25) is 0 Å². The number of hydrogen-bond acceptors (Lipinski definition) is 5. The maximum atomic E-state index is 12.2. The second-order valence-electron chi connectivity index (χ2n) is 8.62. The third-order valence-corrected chi connectivity index (χ3v) is 6.97. The van der Waals surface area contributed by atoms with Crippen molar-refractivity contribution >= 4 is 11.9 Å². The Morgan fingerprint density at radius 1 is 1.46 bits per heavy atom. The van der Waals surface area contributed by atoms with Crippen molar-refractivity contribution in [3.8, 4) is 0 Å². The second-order valence-corrected chi connectivity index (χ2v) is 8.62. The number of unbranched alkanes of at least 4 members (excludes halogenated alkanes) is 1. The number of carbonyl (C=O) groups is 2. The maximum absolute atomic E-state index is 12.2. The molecule has 2 saturated heterocycles. The minimum atomic E-state index is -0.391. The van der Waals surface area contributed by atoms with E-state index in [1.54, 1.807) is 0 Å². The molecule has 5 heteroatoms. The second kappa shape index (κ2) is 6.22. The van der Waals surface area contributed by atoms with Crippen LogP contribution in [0.25, 0.3) is 0 Å². The van der Waals surface area contributed by atoms with E-state index in [9.17, 15) is 9.59 Å². The first-order valence-corrected chi connectivity index (χ1v) is 9.80. The summed E-state index contributed by atoms with van der Waals surface area (Å²) in [5.41, 5.74) is 0.247. The quantitative estimate of drug-likeness (QED) is 0.437. The van der Waals surface area contributed by atoms with E-state index >= 15 is 0 Å². The molecule has 4 rings (SSSR count). The van der Waals surface area contributed by atoms with Gasteiger partial charge in [-0.2, -0.15) is 0 Å². The van der Waals surface area contributed by atoms with Gasteiger partial charge in [0.25, 0.3) is 0 Å². The zero-order valence-corrected chi connectivity index (χ0v) is 15.7. The third-order valence-electron chi connectivity index (χ3n) is 6.97. The number of fused-ring (bicyclic) bond motifs is 3. The van der Waals surface area contributed by atoms with Crippen LogP contribution in [-0.4, -0.2) is 36.4 Å². The normalized spacial score (nSPS) is 43.9. The first-order valence-electron chi connectivity index (χ1n) is 9.80. The zero-order valence-electron chi connectivity index (χ0n) is 15.7. The van der Waals surface area contributed by atoms with Gasteiger partial charge < -0.3 is 14.2 Å². The van der Waals surface area contributed by atoms with E-state index in [1.807, 2.05) is 6.08 Å². The minimum absolute atomic E-state index is 0.0452. The molecule has 2 aliphatic carbocycles. The molecule has 26 heavy (non-hydrogen) atoms. The van der Waals surface area contributed by atoms with Crippen LogP contribution in [0.5, 0.6) is 0 Å². The van der Waals surface area contributed by atoms with Gasteiger partial charge in [0.2, 0.25) is 0 Å². The molecule has 4 aliphatic rings. The maximum Gasteiger partial charge on any atom is 0.334 e. The van der Waals surface area contributed by atoms with Crippen molar-refractivity contribution in [1.29, 1.82) is 0 Å². The molecule has 142 valence electrons. The molecule has 0 radical (unpaired) electrons. The monoisotopic (exact) mass is 360 g/mol. The van der Waals surface area contributed by atoms with Crippen LogP contribution in [0.3, 0.4) is 0 Å². The highest BCUT2D eigenvalue weighted by Crippen LogP contribution is 2.63. The average molecular weight is 360 g/mol. The Morgan fingerprint density at radius 3 is 2.92 bits per heavy atom. The molecule has 0 aromatic rings. The lowest BCUT2D eigenvalue weighted by atomic mass is 9.53. The lowest BCUT2D eigenvalue weighted by Gasteiger charge is -2.53. The summed E-state index contributed by atoms with van der Waals surface area (Å²) in [6, 6.07) is 0. The van der Waals surface area contributed by atoms with Crippen LogP contribution in [0.1, 0.15) is 52.4 Å². The highest BCUT2D eigenvalue weighted by atomic mass is 16.6. The van der Waals surface area contributed by atoms with Gasteiger partial charge in [-0.05, 0) is 37.5 Å². The van der Waals surface area contributed by atoms with Crippen LogP contribution in [-0.2, 0) is 23.8 Å². The van der Waals surface area contributed by atoms with E-state index < -0.39 is 5.60 Å². The van der Waals surface area contributed by atoms with E-state index in [2.05, 4.69) is 20.4 Å². The minimum Gasteiger partial charge on any atom is -0.458 e. The van der Waals surface area contributed by atoms with Crippen LogP contribution < -0.4 is 0 Å². The van der Waals surface area contributed by atoms with Gasteiger partial charge in [-0.3, -0.25) is 0 Å². The number of esters is 2. The largest absolute Gasteiger partial charge is 0.458 e. The molecule has 0 bridgehead atoms. The van der Waals surface area contributed by atoms with Crippen molar-refractivity contribution < 1.29 is 23.8 Å². The van der Waals surface area contributed by atoms with Crippen molar-refractivity contribution in [2.75, 3.05) is 6.61 Å². The van der Waals surface area contributed by atoms with E-state index in [1.165, 1.54) is 6.08 Å². The van der Waals surface area contributed by atoms with Gasteiger partial charge in [0.15, 0.2) is 0 Å². The van der Waals surface area contributed by atoms with Gasteiger partial charge in [-0.25, -0.2) is 9.59 Å². The van der Waals surface area contributed by atoms with Crippen LogP contribution in [0.4, 0.5) is 0 Å². The summed E-state index contributed by atoms with van der Waals surface area (Å²) in [6.07, 6.45) is 8.45. The molecule has 4 fully saturated rings. The smallest absolute Gasteiger partial charge is 0.334 e. The fourth-order valence-corrected chi connectivity index (χ4v) is 5.44. The van der Waals surface area contributed by atoms with Gasteiger partial charge >= 0.3 is 11.9 Å². The summed E-state index contributed by atoms with van der Waals surface area (Å²) in [5, 5.41) is 0. The van der Waals surface area contributed by atoms with E-state index in [4.69, 9.17) is 14.2 Å². The molecule has 2 aliphatic heterocycles. The Labute approximate surface area is 154 Å². The molecule has 0 amide bonds. The Balaban J connectivity index is 1.51. The highest BCUT2D eigenvalue weighted by Gasteiger charge is 2.69. The number of rotatable bonds is 4. The Hall–Kier alpha value is -1.62. The van der Waals surface area contributed by atoms with Crippen LogP contribution >= 0.6 is 0 Å². The molecule has 2 heterocycles. The Kier molecular flexibility index (Phi) is 4.25. The molecule has 0 unspecified atom stereocenters. The molecule has 0 aromatic heterocycles. The molecular weight excluding hydrogens is 332 g/mol. The van der Waals surface area contributed by atoms with Crippen molar-refractivity contribution in [2.24, 2.45) is 17.3 Å². The molecule has 1 spiro atoms. The summed E-state index contributed by atoms with van der Waals surface area (Å²) < 4.78 is 17.3. The van der Waals surface area contributed by atoms with Gasteiger partial charge in [-0.1, -0.05) is 32.9 Å². The number of epoxide rings is 1. The predicted octanol–water partition coefficient (Wildman–Crippen LogP) is 3.33. The summed E-state index contributed by atoms with van der Waals surface area (Å²) in [5.74, 6) is -0.203. The summed E-state index contributed by atoms with van der Waals surface area (Å²) in [6.45, 7) is 8.92. The molecule has 6 atom stereocenters. The van der Waals surface area contributed by atoms with Crippen molar-refractivity contribution in [3.05, 3.63) is 24.3 Å². The number of allylic oxidation sites excluding steroid dienone is 1. The summed E-state index contributed by atoms with van der Waals surface area (Å²) in [4.78, 5) is 24.1. The first kappa shape index (κ1) is 17.8. The van der Waals surface area contributed by atoms with E-state index in [0.717, 1.165) is 38.5 Å². The van der Waals surface area contributed by atoms with Gasteiger partial charge in [-0.15, -0.1) is 0 Å². The van der Waals surface area contributed by atoms with Crippen molar-refractivity contribution in [2.45, 2.75) is 70.2 Å². The third kappa shape index (κ3) is 2.72. The van der Waals surface area contributed by atoms with Gasteiger partial charge in [0.05, 0.1) is 6.61 Å². The SMILES string of the molecule is C=C1C(=O)O[C@@H]2C[C@@]3(C)CC[C@@H](OC(=O)/C=C/CCC)[C@]4(CO4)[C@@H]3C[C@H]12. The predicted molar refractivity (Wildman–Crippen MR) is 95.2 cm³/mol. The topological polar surface area (TPSA) is 65.1 Å². The number of ether oxygens (including phenoxy) is 3. The molecule has 2 saturated carbocycles. The molecule has 5 nitrogen and oxygen atoms in total. The standard InChI is InChI=1S/C21H28O5/c1-4-5-6-7-18(22)26-17-8-9-20(3)11-15-14(13(2)19(23)25-15)10-16(20)21(17)12-24-21/h6-7,14-17H,2,4-5,8-12H2,1,3H3/b7-6+/t14-,15-,16-,17-,20-,21+/m1/s1. The molecule has 0 aromatic carbocycles. The Bertz CT molecular complexity index is 661. The molecular formula is C21H28O5. The van der Waals surface area contributed by atoms with Gasteiger partial charge in [0.1, 0.15) is 17.8 Å². The molecule has 0 N–H and O–H groups in total. The first-order chi connectivity index (χ1) is 12.4. The fourth-order valence-electron chi connectivity index (χ4n) is 5.44. The zero-order chi connectivity index (χ0) is 18.5. The van der Waals surface area contributed by atoms with Crippen molar-refractivity contribution in [1.82, 2.24) is 0 Å². The van der Waals surface area contributed by atoms with Gasteiger partial charge in [0, 0.05) is 23.5 Å². The summed E-state index contributed by atoms with van der Waals surface area (Å²) >= 11 is 0. The Morgan fingerprint density at radius 2 is 2.23 bits per heavy atom. The number of hydrogen-bond donors (Lipinski definition) is 0. The lowest BCUT2D eigenvalue weighted by Crippen LogP contribution is -2.56. The van der Waals surface area contributed by atoms with Crippen LogP contribution in [0.15, 0.2) is 24.3 Å². The number of carbonyl (C=O) groups excluding carboxylic acids is 2. The van der Waals surface area contributed by atoms with Crippen LogP contribution in [0, 0.1) is 17.3 Å². The van der Waals surface area contributed by atoms with E-state index in [-0.39, 0.29) is 41.4 Å². The highest BCUT2D eigenvalue weighted by molar-refractivity contribution is 5.90. The van der Waals surface area contributed by atoms with E-state index in [0.29, 0.717) is 12.2 Å². The fraction of sp³-hybridized carbons (Fsp3) is 0.714. The summed E-state index contributed by atoms with van der Waals surface area (Å²) in [7, 11) is 0. The van der Waals surface area contributed by atoms with Crippen molar-refractivity contribution in [3.63, 3.8) is 0 Å². The average Bonchev–Trinajstić information content (AvgIpc) is 3.33.